The fourth-order valence-corrected chi connectivity index (χ4v) is 3.15. The highest BCUT2D eigenvalue weighted by Crippen LogP contribution is 2.30. The minimum absolute atomic E-state index is 0.0862. The van der Waals surface area contributed by atoms with Crippen LogP contribution in [0, 0.1) is 0 Å². The van der Waals surface area contributed by atoms with Crippen molar-refractivity contribution >= 4 is 59.5 Å². The molecule has 0 aromatic carbocycles. The second-order valence-electron chi connectivity index (χ2n) is 1.35. The molecule has 0 aromatic rings. The second-order valence-corrected chi connectivity index (χ2v) is 4.51. The van der Waals surface area contributed by atoms with Crippen LogP contribution in [0.4, 0.5) is 0 Å². The third kappa shape index (κ3) is 1.93. The zero-order valence-corrected chi connectivity index (χ0v) is 8.59. The Labute approximate surface area is 78.2 Å². The zero-order valence-electron chi connectivity index (χ0n) is 4.17. The summed E-state index contributed by atoms with van der Waals surface area (Å²) in [5.74, 6) is 0. The first kappa shape index (κ1) is 8.05. The van der Waals surface area contributed by atoms with Crippen molar-refractivity contribution in [1.29, 1.82) is 0 Å². The molecule has 1 aliphatic heterocycles. The lowest BCUT2D eigenvalue weighted by Crippen LogP contribution is -1.81. The molecule has 0 spiro atoms. The summed E-state index contributed by atoms with van der Waals surface area (Å²) in [6.45, 7) is 0. The lowest BCUT2D eigenvalue weighted by molar-refractivity contribution is 1.86. The van der Waals surface area contributed by atoms with Gasteiger partial charge in [-0.1, -0.05) is 55.5 Å². The van der Waals surface area contributed by atoms with Gasteiger partial charge < -0.3 is 0 Å². The van der Waals surface area contributed by atoms with Gasteiger partial charge in [-0.25, -0.2) is 0 Å². The molecule has 0 atom stereocenters. The highest BCUT2D eigenvalue weighted by Gasteiger charge is 2.05. The molecule has 0 bridgehead atoms. The van der Waals surface area contributed by atoms with Gasteiger partial charge in [-0.15, -0.1) is 0 Å². The zero-order chi connectivity index (χ0) is 6.85. The van der Waals surface area contributed by atoms with Crippen LogP contribution < -0.4 is 0 Å². The Kier molecular flexibility index (Phi) is 3.02. The molecule has 50 valence electrons. The third-order valence-corrected chi connectivity index (χ3v) is 4.63. The number of hydrogen-bond donors (Lipinski definition) is 0. The molecule has 0 aromatic heterocycles. The standard InChI is InChI=1S/C5H2Cl3I/c6-3-1-9-2-4(7)5(3)8/h1-2H. The molecule has 0 saturated heterocycles. The molecule has 0 unspecified atom stereocenters. The lowest BCUT2D eigenvalue weighted by atomic mass is 10.5. The summed E-state index contributed by atoms with van der Waals surface area (Å²) in [7, 11) is 0. The topological polar surface area (TPSA) is 0 Å². The van der Waals surface area contributed by atoms with Gasteiger partial charge in [0.05, 0.1) is 15.1 Å². The van der Waals surface area contributed by atoms with Crippen molar-refractivity contribution in [1.82, 2.24) is 0 Å². The van der Waals surface area contributed by atoms with E-state index in [0.29, 0.717) is 15.1 Å². The van der Waals surface area contributed by atoms with Crippen LogP contribution in [0.15, 0.2) is 19.2 Å². The van der Waals surface area contributed by atoms with Crippen LogP contribution in [0.25, 0.3) is 0 Å². The fourth-order valence-electron chi connectivity index (χ4n) is 0.352. The number of allylic oxidation sites excluding steroid dienone is 3. The van der Waals surface area contributed by atoms with Crippen LogP contribution >= 0.6 is 55.5 Å². The summed E-state index contributed by atoms with van der Waals surface area (Å²) in [6, 6.07) is 0. The highest BCUT2D eigenvalue weighted by molar-refractivity contribution is 14.2. The van der Waals surface area contributed by atoms with E-state index < -0.39 is 0 Å². The largest absolute Gasteiger partial charge is 0.0905 e. The van der Waals surface area contributed by atoms with E-state index in [1.807, 2.05) is 8.09 Å². The van der Waals surface area contributed by atoms with E-state index in [-0.39, 0.29) is 20.7 Å². The van der Waals surface area contributed by atoms with E-state index in [0.717, 1.165) is 0 Å². The van der Waals surface area contributed by atoms with Crippen LogP contribution in [0.1, 0.15) is 0 Å². The van der Waals surface area contributed by atoms with E-state index in [1.165, 1.54) is 0 Å². The van der Waals surface area contributed by atoms with Gasteiger partial charge in [-0.2, -0.15) is 0 Å². The molecule has 0 fully saturated rings. The van der Waals surface area contributed by atoms with Crippen molar-refractivity contribution < 1.29 is 0 Å². The average molecular weight is 295 g/mol. The van der Waals surface area contributed by atoms with Crippen molar-refractivity contribution in [3.63, 3.8) is 0 Å². The molecule has 9 heavy (non-hydrogen) atoms. The molecular weight excluding hydrogens is 293 g/mol. The minimum atomic E-state index is -0.0862. The Bertz CT molecular complexity index is 214. The van der Waals surface area contributed by atoms with E-state index in [1.54, 1.807) is 0 Å². The monoisotopic (exact) mass is 294 g/mol. The van der Waals surface area contributed by atoms with E-state index in [9.17, 15) is 0 Å². The molecule has 4 heteroatoms. The number of hydrogen-bond acceptors (Lipinski definition) is 0. The predicted octanol–water partition coefficient (Wildman–Crippen LogP) is 3.54. The summed E-state index contributed by atoms with van der Waals surface area (Å²) < 4.78 is 3.85. The molecule has 1 aliphatic rings. The molecule has 0 amide bonds. The lowest BCUT2D eigenvalue weighted by Gasteiger charge is -1.99. The summed E-state index contributed by atoms with van der Waals surface area (Å²) in [5, 5.41) is 1.67. The van der Waals surface area contributed by atoms with Crippen LogP contribution in [0.2, 0.25) is 0 Å². The second kappa shape index (κ2) is 3.37. The minimum Gasteiger partial charge on any atom is -0.0905 e. The molecule has 1 heterocycles. The van der Waals surface area contributed by atoms with E-state index >= 15 is 0 Å². The predicted molar refractivity (Wildman–Crippen MR) is 52.8 cm³/mol. The molecule has 0 aliphatic carbocycles. The summed E-state index contributed by atoms with van der Waals surface area (Å²) in [6.07, 6.45) is 0. The first-order chi connectivity index (χ1) is 4.22. The molecule has 0 saturated carbocycles. The van der Waals surface area contributed by atoms with Crippen molar-refractivity contribution in [3.05, 3.63) is 19.2 Å². The Morgan fingerprint density at radius 1 is 1.22 bits per heavy atom. The summed E-state index contributed by atoms with van der Waals surface area (Å²) in [4.78, 5) is 0. The van der Waals surface area contributed by atoms with Crippen LogP contribution in [-0.2, 0) is 0 Å². The van der Waals surface area contributed by atoms with Gasteiger partial charge in [0.15, 0.2) is 0 Å². The van der Waals surface area contributed by atoms with Crippen LogP contribution in [0.3, 0.4) is 0 Å². The third-order valence-electron chi connectivity index (χ3n) is 0.737. The number of rotatable bonds is 0. The molecule has 0 radical (unpaired) electrons. The highest BCUT2D eigenvalue weighted by atomic mass is 127. The van der Waals surface area contributed by atoms with Gasteiger partial charge in [0.1, 0.15) is 0 Å². The van der Waals surface area contributed by atoms with Crippen molar-refractivity contribution in [2.24, 2.45) is 0 Å². The maximum absolute atomic E-state index is 5.66. The summed E-state index contributed by atoms with van der Waals surface area (Å²) in [5.41, 5.74) is 0. The number of halogens is 4. The van der Waals surface area contributed by atoms with Gasteiger partial charge in [0.2, 0.25) is 0 Å². The molecule has 0 N–H and O–H groups in total. The molecule has 0 nitrogen and oxygen atoms in total. The normalized spacial score (nSPS) is 19.2. The maximum Gasteiger partial charge on any atom is 0.0787 e. The van der Waals surface area contributed by atoms with Gasteiger partial charge in [-0.3, -0.25) is 0 Å². The van der Waals surface area contributed by atoms with Gasteiger partial charge in [-0.05, 0) is 8.09 Å². The van der Waals surface area contributed by atoms with Crippen molar-refractivity contribution in [2.45, 2.75) is 0 Å². The summed E-state index contributed by atoms with van der Waals surface area (Å²) >= 11 is 16.9. The van der Waals surface area contributed by atoms with Gasteiger partial charge in [0.25, 0.3) is 0 Å². The maximum atomic E-state index is 5.66. The first-order valence-corrected chi connectivity index (χ1v) is 5.71. The van der Waals surface area contributed by atoms with Crippen molar-refractivity contribution in [2.75, 3.05) is 0 Å². The SMILES string of the molecule is ClC1=CI=CC(Cl)=C1Cl. The Morgan fingerprint density at radius 3 is 2.33 bits per heavy atom. The quantitative estimate of drug-likeness (QED) is 0.600. The Morgan fingerprint density at radius 2 is 1.89 bits per heavy atom. The van der Waals surface area contributed by atoms with Gasteiger partial charge >= 0.3 is 0 Å². The Hall–Kier alpha value is 0.950. The fraction of sp³-hybridized carbons (Fsp3) is 0. The molecular formula is C5H2Cl3I. The van der Waals surface area contributed by atoms with E-state index in [4.69, 9.17) is 34.8 Å². The van der Waals surface area contributed by atoms with Crippen LogP contribution in [0.5, 0.6) is 0 Å². The van der Waals surface area contributed by atoms with Gasteiger partial charge in [0, 0.05) is 0 Å². The smallest absolute Gasteiger partial charge is 0.0787 e. The Balaban J connectivity index is 3.06. The molecule has 1 rings (SSSR count). The van der Waals surface area contributed by atoms with E-state index in [2.05, 4.69) is 0 Å². The first-order valence-electron chi connectivity index (χ1n) is 2.08. The van der Waals surface area contributed by atoms with Crippen molar-refractivity contribution in [3.8, 4) is 0 Å². The average Bonchev–Trinajstić information content (AvgIpc) is 1.83. The van der Waals surface area contributed by atoms with Crippen LogP contribution in [-0.4, -0.2) is 4.01 Å².